The number of aromatic amines is 1. The van der Waals surface area contributed by atoms with Crippen molar-refractivity contribution < 1.29 is 14.7 Å². The molecule has 1 fully saturated rings. The molecule has 33 heavy (non-hydrogen) atoms. The van der Waals surface area contributed by atoms with Crippen molar-refractivity contribution in [2.75, 3.05) is 39.3 Å². The first-order valence-electron chi connectivity index (χ1n) is 10.6. The molecule has 0 aliphatic carbocycles. The van der Waals surface area contributed by atoms with Gasteiger partial charge in [0.15, 0.2) is 0 Å². The number of nitrogens with zero attached hydrogens (tertiary/aromatic N) is 2. The Hall–Kier alpha value is -2.81. The minimum atomic E-state index is -0.881. The van der Waals surface area contributed by atoms with Crippen molar-refractivity contribution in [1.29, 1.82) is 0 Å². The Morgan fingerprint density at radius 2 is 1.82 bits per heavy atom. The van der Waals surface area contributed by atoms with Crippen molar-refractivity contribution in [2.45, 2.75) is 0 Å². The maximum absolute atomic E-state index is 13.2. The molecule has 4 rings (SSSR count). The van der Waals surface area contributed by atoms with Gasteiger partial charge in [0, 0.05) is 59.7 Å². The summed E-state index contributed by atoms with van der Waals surface area (Å²) in [7, 11) is 0. The molecule has 2 aromatic carbocycles. The largest absolute Gasteiger partial charge is 0.465 e. The van der Waals surface area contributed by atoms with E-state index in [4.69, 9.17) is 16.7 Å². The number of piperazine rings is 1. The van der Waals surface area contributed by atoms with E-state index in [1.807, 2.05) is 54.6 Å². The lowest BCUT2D eigenvalue weighted by Crippen LogP contribution is -2.49. The first kappa shape index (κ1) is 23.4. The van der Waals surface area contributed by atoms with Crippen LogP contribution >= 0.6 is 27.5 Å². The van der Waals surface area contributed by atoms with Gasteiger partial charge in [-0.3, -0.25) is 9.69 Å². The van der Waals surface area contributed by atoms with Crippen molar-refractivity contribution >= 4 is 62.6 Å². The van der Waals surface area contributed by atoms with Crippen LogP contribution in [0.3, 0.4) is 0 Å². The lowest BCUT2D eigenvalue weighted by atomic mass is 10.1. The van der Waals surface area contributed by atoms with E-state index in [2.05, 4.69) is 31.1 Å². The maximum Gasteiger partial charge on any atom is 0.407 e. The fourth-order valence-electron chi connectivity index (χ4n) is 3.89. The number of H-pyrrole nitrogens is 1. The third kappa shape index (κ3) is 5.76. The van der Waals surface area contributed by atoms with Crippen molar-refractivity contribution in [2.24, 2.45) is 0 Å². The Morgan fingerprint density at radius 3 is 2.52 bits per heavy atom. The van der Waals surface area contributed by atoms with E-state index in [1.54, 1.807) is 0 Å². The summed E-state index contributed by atoms with van der Waals surface area (Å²) in [4.78, 5) is 31.1. The highest BCUT2D eigenvalue weighted by Gasteiger charge is 2.21. The number of fused-ring (bicyclic) bond motifs is 1. The van der Waals surface area contributed by atoms with E-state index < -0.39 is 6.09 Å². The van der Waals surface area contributed by atoms with E-state index in [1.165, 1.54) is 4.90 Å². The molecule has 2 amide bonds. The molecular weight excluding hydrogens is 508 g/mol. The zero-order valence-electron chi connectivity index (χ0n) is 17.9. The molecule has 1 aromatic heterocycles. The number of carbonyl (C=O) groups excluding carboxylic acids is 1. The van der Waals surface area contributed by atoms with E-state index in [-0.39, 0.29) is 5.91 Å². The Morgan fingerprint density at radius 1 is 1.09 bits per heavy atom. The first-order chi connectivity index (χ1) is 15.9. The molecule has 0 saturated carbocycles. The van der Waals surface area contributed by atoms with Crippen molar-refractivity contribution in [3.05, 3.63) is 68.8 Å². The number of hydrogen-bond donors (Lipinski definition) is 3. The van der Waals surface area contributed by atoms with Crippen LogP contribution < -0.4 is 5.32 Å². The summed E-state index contributed by atoms with van der Waals surface area (Å²) in [6.07, 6.45) is 2.96. The number of carbonyl (C=O) groups is 2. The molecule has 0 unspecified atom stereocenters. The number of benzene rings is 2. The average Bonchev–Trinajstić information content (AvgIpc) is 3.16. The van der Waals surface area contributed by atoms with Crippen LogP contribution in [0.1, 0.15) is 21.6 Å². The number of carboxylic acid groups (broad SMARTS) is 1. The highest BCUT2D eigenvalue weighted by atomic mass is 79.9. The van der Waals surface area contributed by atoms with Gasteiger partial charge in [0.2, 0.25) is 0 Å². The third-order valence-corrected chi connectivity index (χ3v) is 6.43. The predicted molar refractivity (Wildman–Crippen MR) is 135 cm³/mol. The second-order valence-electron chi connectivity index (χ2n) is 7.86. The second-order valence-corrected chi connectivity index (χ2v) is 9.21. The van der Waals surface area contributed by atoms with Gasteiger partial charge in [-0.1, -0.05) is 51.8 Å². The topological polar surface area (TPSA) is 88.7 Å². The predicted octanol–water partition coefficient (Wildman–Crippen LogP) is 4.78. The molecule has 1 saturated heterocycles. The zero-order valence-corrected chi connectivity index (χ0v) is 20.2. The Kier molecular flexibility index (Phi) is 7.37. The molecule has 1 aliphatic rings. The standard InChI is InChI=1S/C24H24BrClN4O3/c25-17-4-7-19-21(15-17)28-20(8-3-16-1-5-18(26)6-2-16)22(19)23(31)27-9-10-29-11-13-30(14-12-29)24(32)33/h1-8,15,28H,9-14H2,(H,27,31)(H,32,33)/b8-3+. The van der Waals surface area contributed by atoms with Gasteiger partial charge in [-0.15, -0.1) is 0 Å². The summed E-state index contributed by atoms with van der Waals surface area (Å²) < 4.78 is 0.928. The van der Waals surface area contributed by atoms with Gasteiger partial charge in [-0.05, 0) is 35.9 Å². The summed E-state index contributed by atoms with van der Waals surface area (Å²) in [6.45, 7) is 3.45. The molecule has 3 aromatic rings. The molecule has 1 aliphatic heterocycles. The Bertz CT molecular complexity index is 1180. The molecule has 0 bridgehead atoms. The number of rotatable bonds is 6. The molecule has 0 atom stereocenters. The minimum Gasteiger partial charge on any atom is -0.465 e. The van der Waals surface area contributed by atoms with E-state index in [9.17, 15) is 9.59 Å². The molecule has 2 heterocycles. The Labute approximate surface area is 205 Å². The summed E-state index contributed by atoms with van der Waals surface area (Å²) in [5.41, 5.74) is 3.17. The molecule has 3 N–H and O–H groups in total. The van der Waals surface area contributed by atoms with Crippen LogP contribution in [0.5, 0.6) is 0 Å². The minimum absolute atomic E-state index is 0.150. The molecule has 7 nitrogen and oxygen atoms in total. The van der Waals surface area contributed by atoms with Crippen LogP contribution in [-0.2, 0) is 0 Å². The summed E-state index contributed by atoms with van der Waals surface area (Å²) in [6, 6.07) is 13.3. The summed E-state index contributed by atoms with van der Waals surface area (Å²) >= 11 is 9.46. The van der Waals surface area contributed by atoms with Gasteiger partial charge < -0.3 is 20.3 Å². The monoisotopic (exact) mass is 530 g/mol. The van der Waals surface area contributed by atoms with E-state index in [0.717, 1.165) is 26.6 Å². The smallest absolute Gasteiger partial charge is 0.407 e. The average molecular weight is 532 g/mol. The molecular formula is C24H24BrClN4O3. The van der Waals surface area contributed by atoms with Crippen LogP contribution in [0, 0.1) is 0 Å². The SMILES string of the molecule is O=C(NCCN1CCN(C(=O)O)CC1)c1c(/C=C/c2ccc(Cl)cc2)[nH]c2cc(Br)ccc12. The highest BCUT2D eigenvalue weighted by molar-refractivity contribution is 9.10. The fraction of sp³-hybridized carbons (Fsp3) is 0.250. The molecule has 172 valence electrons. The van der Waals surface area contributed by atoms with Crippen LogP contribution in [0.25, 0.3) is 23.1 Å². The van der Waals surface area contributed by atoms with Gasteiger partial charge in [-0.2, -0.15) is 0 Å². The lowest BCUT2D eigenvalue weighted by molar-refractivity contribution is 0.0931. The van der Waals surface area contributed by atoms with Gasteiger partial charge in [0.1, 0.15) is 0 Å². The van der Waals surface area contributed by atoms with Crippen molar-refractivity contribution in [3.8, 4) is 0 Å². The molecule has 0 radical (unpaired) electrons. The van der Waals surface area contributed by atoms with Crippen LogP contribution in [0.15, 0.2) is 46.9 Å². The van der Waals surface area contributed by atoms with Crippen LogP contribution in [-0.4, -0.2) is 71.2 Å². The third-order valence-electron chi connectivity index (χ3n) is 5.69. The normalized spacial score (nSPS) is 14.8. The van der Waals surface area contributed by atoms with E-state index in [0.29, 0.717) is 49.9 Å². The lowest BCUT2D eigenvalue weighted by Gasteiger charge is -2.32. The van der Waals surface area contributed by atoms with Crippen molar-refractivity contribution in [1.82, 2.24) is 20.1 Å². The molecule has 0 spiro atoms. The quantitative estimate of drug-likeness (QED) is 0.427. The summed E-state index contributed by atoms with van der Waals surface area (Å²) in [5.74, 6) is -0.150. The second kappa shape index (κ2) is 10.4. The first-order valence-corrected chi connectivity index (χ1v) is 11.8. The van der Waals surface area contributed by atoms with Crippen molar-refractivity contribution in [3.63, 3.8) is 0 Å². The van der Waals surface area contributed by atoms with Gasteiger partial charge in [0.25, 0.3) is 5.91 Å². The molecule has 9 heteroatoms. The number of nitrogens with one attached hydrogen (secondary N) is 2. The van der Waals surface area contributed by atoms with Crippen LogP contribution in [0.4, 0.5) is 4.79 Å². The highest BCUT2D eigenvalue weighted by Crippen LogP contribution is 2.27. The maximum atomic E-state index is 13.2. The summed E-state index contributed by atoms with van der Waals surface area (Å²) in [5, 5.41) is 13.6. The zero-order chi connectivity index (χ0) is 23.4. The fourth-order valence-corrected chi connectivity index (χ4v) is 4.38. The van der Waals surface area contributed by atoms with Gasteiger partial charge in [-0.25, -0.2) is 4.79 Å². The number of amides is 2. The number of halogens is 2. The van der Waals surface area contributed by atoms with E-state index >= 15 is 0 Å². The van der Waals surface area contributed by atoms with Gasteiger partial charge in [0.05, 0.1) is 11.3 Å². The van der Waals surface area contributed by atoms with Crippen LogP contribution in [0.2, 0.25) is 5.02 Å². The number of aromatic nitrogens is 1. The van der Waals surface area contributed by atoms with Gasteiger partial charge >= 0.3 is 6.09 Å². The Balaban J connectivity index is 1.47. The number of hydrogen-bond acceptors (Lipinski definition) is 3.